The first-order chi connectivity index (χ1) is 10.7. The third kappa shape index (κ3) is 4.15. The summed E-state index contributed by atoms with van der Waals surface area (Å²) >= 11 is 4.66. The summed E-state index contributed by atoms with van der Waals surface area (Å²) in [5.74, 6) is -0.00953. The first-order valence-corrected chi connectivity index (χ1v) is 9.00. The maximum absolute atomic E-state index is 12.1. The van der Waals surface area contributed by atoms with Gasteiger partial charge in [-0.15, -0.1) is 11.3 Å². The number of hydrogen-bond donors (Lipinski definition) is 1. The number of nitrogens with one attached hydrogen (secondary N) is 1. The van der Waals surface area contributed by atoms with Crippen LogP contribution in [-0.4, -0.2) is 34.9 Å². The fourth-order valence-corrected chi connectivity index (χ4v) is 3.86. The number of amides is 1. The molecule has 1 aromatic heterocycles. The smallest absolute Gasteiger partial charge is 0.263 e. The Balaban J connectivity index is 1.46. The molecule has 0 bridgehead atoms. The van der Waals surface area contributed by atoms with E-state index in [0.29, 0.717) is 4.88 Å². The van der Waals surface area contributed by atoms with Crippen LogP contribution in [0, 0.1) is 0 Å². The number of aromatic nitrogens is 1. The monoisotopic (exact) mass is 379 g/mol. The summed E-state index contributed by atoms with van der Waals surface area (Å²) in [6, 6.07) is 10.8. The second-order valence-corrected chi connectivity index (χ2v) is 7.79. The molecule has 1 aliphatic heterocycles. The molecule has 0 saturated carbocycles. The van der Waals surface area contributed by atoms with Crippen LogP contribution in [0.2, 0.25) is 0 Å². The molecule has 1 fully saturated rings. The number of nitrogens with zero attached hydrogens (tertiary/aromatic N) is 2. The van der Waals surface area contributed by atoms with Crippen molar-refractivity contribution in [3.63, 3.8) is 0 Å². The molecular formula is C16H18BrN3OS. The lowest BCUT2D eigenvalue weighted by molar-refractivity contribution is 0.0913. The molecule has 4 nitrogen and oxygen atoms in total. The van der Waals surface area contributed by atoms with E-state index in [1.165, 1.54) is 16.9 Å². The van der Waals surface area contributed by atoms with Crippen molar-refractivity contribution in [3.8, 4) is 0 Å². The van der Waals surface area contributed by atoms with E-state index in [1.54, 1.807) is 6.20 Å². The molecule has 6 heteroatoms. The van der Waals surface area contributed by atoms with Crippen molar-refractivity contribution >= 4 is 33.2 Å². The van der Waals surface area contributed by atoms with Gasteiger partial charge >= 0.3 is 0 Å². The number of halogens is 1. The highest BCUT2D eigenvalue weighted by Crippen LogP contribution is 2.19. The number of likely N-dealkylation sites (tertiary alicyclic amines) is 1. The molecule has 22 heavy (non-hydrogen) atoms. The number of piperidine rings is 1. The van der Waals surface area contributed by atoms with E-state index in [1.807, 2.05) is 6.07 Å². The van der Waals surface area contributed by atoms with Gasteiger partial charge in [-0.25, -0.2) is 4.98 Å². The van der Waals surface area contributed by atoms with Crippen molar-refractivity contribution in [2.45, 2.75) is 25.4 Å². The molecule has 2 heterocycles. The first-order valence-electron chi connectivity index (χ1n) is 7.39. The summed E-state index contributed by atoms with van der Waals surface area (Å²) in [7, 11) is 0. The van der Waals surface area contributed by atoms with Gasteiger partial charge in [0.05, 0.1) is 6.20 Å². The van der Waals surface area contributed by atoms with Gasteiger partial charge in [0.25, 0.3) is 5.91 Å². The van der Waals surface area contributed by atoms with Crippen LogP contribution in [0.5, 0.6) is 0 Å². The van der Waals surface area contributed by atoms with E-state index in [2.05, 4.69) is 55.4 Å². The Hall–Kier alpha value is -1.24. The van der Waals surface area contributed by atoms with Crippen molar-refractivity contribution in [2.75, 3.05) is 13.1 Å². The lowest BCUT2D eigenvalue weighted by Gasteiger charge is -2.32. The van der Waals surface area contributed by atoms with Gasteiger partial charge in [0.1, 0.15) is 4.88 Å². The molecule has 1 aliphatic rings. The Bertz CT molecular complexity index is 623. The molecule has 1 amide bonds. The van der Waals surface area contributed by atoms with Crippen LogP contribution >= 0.6 is 27.3 Å². The van der Waals surface area contributed by atoms with E-state index in [-0.39, 0.29) is 11.9 Å². The minimum Gasteiger partial charge on any atom is -0.348 e. The zero-order chi connectivity index (χ0) is 15.4. The summed E-state index contributed by atoms with van der Waals surface area (Å²) in [4.78, 5) is 19.3. The topological polar surface area (TPSA) is 45.2 Å². The maximum atomic E-state index is 12.1. The van der Waals surface area contributed by atoms with Gasteiger partial charge in [0, 0.05) is 25.7 Å². The number of rotatable bonds is 4. The van der Waals surface area contributed by atoms with E-state index >= 15 is 0 Å². The van der Waals surface area contributed by atoms with Gasteiger partial charge in [0.2, 0.25) is 0 Å². The highest BCUT2D eigenvalue weighted by Gasteiger charge is 2.21. The highest BCUT2D eigenvalue weighted by atomic mass is 79.9. The highest BCUT2D eigenvalue weighted by molar-refractivity contribution is 9.11. The quantitative estimate of drug-likeness (QED) is 0.886. The van der Waals surface area contributed by atoms with E-state index < -0.39 is 0 Å². The molecule has 1 aromatic carbocycles. The minimum atomic E-state index is -0.00953. The molecule has 0 spiro atoms. The van der Waals surface area contributed by atoms with Gasteiger partial charge in [0.15, 0.2) is 3.92 Å². The second kappa shape index (κ2) is 7.35. The molecule has 1 N–H and O–H groups in total. The van der Waals surface area contributed by atoms with Crippen molar-refractivity contribution in [1.29, 1.82) is 0 Å². The van der Waals surface area contributed by atoms with Crippen molar-refractivity contribution in [3.05, 3.63) is 50.9 Å². The molecule has 0 unspecified atom stereocenters. The molecule has 0 aliphatic carbocycles. The SMILES string of the molecule is O=C(NC1CCN(Cc2ccccc2)CC1)c1cnc(Br)s1. The van der Waals surface area contributed by atoms with Gasteiger partial charge < -0.3 is 5.32 Å². The van der Waals surface area contributed by atoms with Crippen molar-refractivity contribution < 1.29 is 4.79 Å². The van der Waals surface area contributed by atoms with E-state index in [4.69, 9.17) is 0 Å². The Morgan fingerprint density at radius 3 is 2.68 bits per heavy atom. The maximum Gasteiger partial charge on any atom is 0.263 e. The Kier molecular flexibility index (Phi) is 5.23. The fraction of sp³-hybridized carbons (Fsp3) is 0.375. The fourth-order valence-electron chi connectivity index (χ4n) is 2.69. The minimum absolute atomic E-state index is 0.00953. The largest absolute Gasteiger partial charge is 0.348 e. The van der Waals surface area contributed by atoms with E-state index in [0.717, 1.165) is 36.4 Å². The third-order valence-electron chi connectivity index (χ3n) is 3.87. The molecule has 2 aromatic rings. The molecular weight excluding hydrogens is 362 g/mol. The van der Waals surface area contributed by atoms with Crippen LogP contribution < -0.4 is 5.32 Å². The van der Waals surface area contributed by atoms with Gasteiger partial charge in [-0.05, 0) is 34.3 Å². The second-order valence-electron chi connectivity index (χ2n) is 5.49. The van der Waals surface area contributed by atoms with E-state index in [9.17, 15) is 4.79 Å². The summed E-state index contributed by atoms with van der Waals surface area (Å²) in [5, 5.41) is 3.12. The summed E-state index contributed by atoms with van der Waals surface area (Å²) in [6.45, 7) is 3.03. The molecule has 116 valence electrons. The zero-order valence-corrected chi connectivity index (χ0v) is 14.6. The van der Waals surface area contributed by atoms with Crippen LogP contribution in [0.1, 0.15) is 28.1 Å². The Labute approximate surface area is 142 Å². The third-order valence-corrected chi connectivity index (χ3v) is 5.35. The van der Waals surface area contributed by atoms with Gasteiger partial charge in [-0.1, -0.05) is 30.3 Å². The Morgan fingerprint density at radius 1 is 1.32 bits per heavy atom. The standard InChI is InChI=1S/C16H18BrN3OS/c17-16-18-10-14(22-16)15(21)19-13-6-8-20(9-7-13)11-12-4-2-1-3-5-12/h1-5,10,13H,6-9,11H2,(H,19,21). The predicted molar refractivity (Wildman–Crippen MR) is 92.0 cm³/mol. The number of carbonyl (C=O) groups excluding carboxylic acids is 1. The molecule has 1 saturated heterocycles. The molecule has 0 atom stereocenters. The molecule has 0 radical (unpaired) electrons. The van der Waals surface area contributed by atoms with Crippen molar-refractivity contribution in [2.24, 2.45) is 0 Å². The first kappa shape index (κ1) is 15.6. The molecule has 3 rings (SSSR count). The van der Waals surface area contributed by atoms with Gasteiger partial charge in [-0.2, -0.15) is 0 Å². The zero-order valence-electron chi connectivity index (χ0n) is 12.2. The average molecular weight is 380 g/mol. The van der Waals surface area contributed by atoms with Crippen LogP contribution in [-0.2, 0) is 6.54 Å². The van der Waals surface area contributed by atoms with Crippen molar-refractivity contribution in [1.82, 2.24) is 15.2 Å². The van der Waals surface area contributed by atoms with Crippen LogP contribution in [0.4, 0.5) is 0 Å². The van der Waals surface area contributed by atoms with Crippen LogP contribution in [0.3, 0.4) is 0 Å². The summed E-state index contributed by atoms with van der Waals surface area (Å²) in [5.41, 5.74) is 1.35. The summed E-state index contributed by atoms with van der Waals surface area (Å²) < 4.78 is 0.746. The summed E-state index contributed by atoms with van der Waals surface area (Å²) in [6.07, 6.45) is 3.62. The number of hydrogen-bond acceptors (Lipinski definition) is 4. The number of benzene rings is 1. The number of thiazole rings is 1. The lowest BCUT2D eigenvalue weighted by atomic mass is 10.0. The Morgan fingerprint density at radius 2 is 2.05 bits per heavy atom. The average Bonchev–Trinajstić information content (AvgIpc) is 2.97. The predicted octanol–water partition coefficient (Wildman–Crippen LogP) is 3.30. The van der Waals surface area contributed by atoms with Crippen LogP contribution in [0.15, 0.2) is 40.4 Å². The number of carbonyl (C=O) groups is 1. The van der Waals surface area contributed by atoms with Crippen LogP contribution in [0.25, 0.3) is 0 Å². The van der Waals surface area contributed by atoms with Gasteiger partial charge in [-0.3, -0.25) is 9.69 Å². The normalized spacial score (nSPS) is 16.6. The lowest BCUT2D eigenvalue weighted by Crippen LogP contribution is -2.44.